The average molecular weight is 524 g/mol. The highest BCUT2D eigenvalue weighted by Gasteiger charge is 2.20. The van der Waals surface area contributed by atoms with Gasteiger partial charge in [-0.05, 0) is 48.9 Å². The van der Waals surface area contributed by atoms with E-state index in [0.29, 0.717) is 34.8 Å². The van der Waals surface area contributed by atoms with E-state index in [-0.39, 0.29) is 16.6 Å². The summed E-state index contributed by atoms with van der Waals surface area (Å²) in [5.41, 5.74) is 2.04. The number of aryl methyl sites for hydroxylation is 1. The molecule has 1 amide bonds. The average Bonchev–Trinajstić information content (AvgIpc) is 3.20. The van der Waals surface area contributed by atoms with E-state index in [9.17, 15) is 13.2 Å². The van der Waals surface area contributed by atoms with E-state index >= 15 is 0 Å². The summed E-state index contributed by atoms with van der Waals surface area (Å²) in [7, 11) is 0.919. The second-order valence-electron chi connectivity index (χ2n) is 7.56. The van der Waals surface area contributed by atoms with Crippen molar-refractivity contribution in [3.8, 4) is 11.4 Å². The van der Waals surface area contributed by atoms with Crippen LogP contribution in [0, 0.1) is 6.92 Å². The van der Waals surface area contributed by atoms with Crippen LogP contribution in [-0.4, -0.2) is 67.0 Å². The number of ether oxygens (including phenoxy) is 1. The summed E-state index contributed by atoms with van der Waals surface area (Å²) in [6.07, 6.45) is 0. The lowest BCUT2D eigenvalue weighted by Gasteiger charge is -2.14. The molecule has 1 N–H and O–H groups in total. The molecule has 0 bridgehead atoms. The van der Waals surface area contributed by atoms with Crippen LogP contribution >= 0.6 is 23.4 Å². The fourth-order valence-corrected chi connectivity index (χ4v) is 4.83. The molecule has 0 radical (unpaired) electrons. The van der Waals surface area contributed by atoms with Crippen molar-refractivity contribution in [3.63, 3.8) is 0 Å². The van der Waals surface area contributed by atoms with Crippen molar-refractivity contribution >= 4 is 45.0 Å². The maximum atomic E-state index is 12.7. The Kier molecular flexibility index (Phi) is 8.72. The Bertz CT molecular complexity index is 1260. The van der Waals surface area contributed by atoms with Gasteiger partial charge in [-0.3, -0.25) is 9.36 Å². The first-order valence-electron chi connectivity index (χ1n) is 10.3. The van der Waals surface area contributed by atoms with Crippen molar-refractivity contribution in [1.29, 1.82) is 0 Å². The number of sulfonamides is 1. The monoisotopic (exact) mass is 523 g/mol. The van der Waals surface area contributed by atoms with Crippen LogP contribution < -0.4 is 5.32 Å². The molecular formula is C22H26ClN5O4S2. The Hall–Kier alpha value is -2.44. The third kappa shape index (κ3) is 6.16. The zero-order chi connectivity index (χ0) is 24.9. The molecule has 3 rings (SSSR count). The largest absolute Gasteiger partial charge is 0.383 e. The predicted molar refractivity (Wildman–Crippen MR) is 134 cm³/mol. The number of thioether (sulfide) groups is 1. The molecule has 0 aliphatic rings. The predicted octanol–water partition coefficient (Wildman–Crippen LogP) is 3.53. The van der Waals surface area contributed by atoms with Crippen LogP contribution in [0.15, 0.2) is 52.5 Å². The number of aromatic nitrogens is 3. The maximum absolute atomic E-state index is 12.7. The Morgan fingerprint density at radius 2 is 1.88 bits per heavy atom. The molecule has 3 aromatic rings. The number of nitrogens with one attached hydrogen (secondary N) is 1. The van der Waals surface area contributed by atoms with E-state index in [2.05, 4.69) is 15.5 Å². The molecule has 34 heavy (non-hydrogen) atoms. The SMILES string of the molecule is COCCn1c(SCC(=O)Nc2cc(S(=O)(=O)N(C)C)ccc2C)nnc1-c1ccc(Cl)cc1. The Balaban J connectivity index is 1.76. The smallest absolute Gasteiger partial charge is 0.242 e. The molecule has 12 heteroatoms. The quantitative estimate of drug-likeness (QED) is 0.405. The number of halogens is 1. The topological polar surface area (TPSA) is 106 Å². The summed E-state index contributed by atoms with van der Waals surface area (Å²) >= 11 is 7.23. The standard InChI is InChI=1S/C22H26ClN5O4S2/c1-15-5-10-18(34(30,31)27(2)3)13-19(15)24-20(29)14-33-22-26-25-21(28(22)11-12-32-4)16-6-8-17(23)9-7-16/h5-10,13H,11-12,14H2,1-4H3,(H,24,29). The van der Waals surface area contributed by atoms with Crippen molar-refractivity contribution in [1.82, 2.24) is 19.1 Å². The summed E-state index contributed by atoms with van der Waals surface area (Å²) in [4.78, 5) is 12.8. The summed E-state index contributed by atoms with van der Waals surface area (Å²) in [5, 5.41) is 12.5. The molecule has 0 fully saturated rings. The molecule has 1 heterocycles. The van der Waals surface area contributed by atoms with Crippen LogP contribution in [0.3, 0.4) is 0 Å². The molecule has 182 valence electrons. The van der Waals surface area contributed by atoms with Gasteiger partial charge in [-0.2, -0.15) is 0 Å². The van der Waals surface area contributed by atoms with Crippen LogP contribution in [0.2, 0.25) is 5.02 Å². The molecule has 0 saturated carbocycles. The van der Waals surface area contributed by atoms with Gasteiger partial charge >= 0.3 is 0 Å². The molecule has 0 atom stereocenters. The highest BCUT2D eigenvalue weighted by molar-refractivity contribution is 7.99. The molecule has 2 aromatic carbocycles. The van der Waals surface area contributed by atoms with Crippen molar-refractivity contribution in [3.05, 3.63) is 53.1 Å². The number of methoxy groups -OCH3 is 1. The second kappa shape index (κ2) is 11.3. The van der Waals surface area contributed by atoms with E-state index in [0.717, 1.165) is 15.4 Å². The van der Waals surface area contributed by atoms with E-state index in [1.165, 1.54) is 38.0 Å². The minimum absolute atomic E-state index is 0.0653. The van der Waals surface area contributed by atoms with Crippen LogP contribution in [-0.2, 0) is 26.1 Å². The highest BCUT2D eigenvalue weighted by Crippen LogP contribution is 2.26. The van der Waals surface area contributed by atoms with Gasteiger partial charge in [0.2, 0.25) is 15.9 Å². The Morgan fingerprint density at radius 1 is 1.18 bits per heavy atom. The Labute approximate surface area is 208 Å². The molecule has 0 aliphatic carbocycles. The highest BCUT2D eigenvalue weighted by atomic mass is 35.5. The van der Waals surface area contributed by atoms with Gasteiger partial charge < -0.3 is 10.1 Å². The van der Waals surface area contributed by atoms with Crippen molar-refractivity contribution in [2.75, 3.05) is 38.9 Å². The molecule has 1 aromatic heterocycles. The first kappa shape index (κ1) is 26.2. The van der Waals surface area contributed by atoms with Crippen molar-refractivity contribution < 1.29 is 17.9 Å². The molecular weight excluding hydrogens is 498 g/mol. The molecule has 9 nitrogen and oxygen atoms in total. The summed E-state index contributed by atoms with van der Waals surface area (Å²) in [6.45, 7) is 2.76. The van der Waals surface area contributed by atoms with Gasteiger partial charge in [-0.1, -0.05) is 29.4 Å². The lowest BCUT2D eigenvalue weighted by atomic mass is 10.2. The van der Waals surface area contributed by atoms with Crippen molar-refractivity contribution in [2.24, 2.45) is 0 Å². The summed E-state index contributed by atoms with van der Waals surface area (Å²) < 4.78 is 33.1. The van der Waals surface area contributed by atoms with Gasteiger partial charge in [0, 0.05) is 37.5 Å². The third-order valence-electron chi connectivity index (χ3n) is 4.93. The fourth-order valence-electron chi connectivity index (χ4n) is 3.02. The van der Waals surface area contributed by atoms with Gasteiger partial charge in [0.25, 0.3) is 0 Å². The fraction of sp³-hybridized carbons (Fsp3) is 0.318. The number of rotatable bonds is 10. The minimum Gasteiger partial charge on any atom is -0.383 e. The zero-order valence-electron chi connectivity index (χ0n) is 19.3. The lowest BCUT2D eigenvalue weighted by molar-refractivity contribution is -0.113. The van der Waals surface area contributed by atoms with Gasteiger partial charge in [0.1, 0.15) is 0 Å². The summed E-state index contributed by atoms with van der Waals surface area (Å²) in [6, 6.07) is 11.9. The van der Waals surface area contributed by atoms with E-state index in [4.69, 9.17) is 16.3 Å². The van der Waals surface area contributed by atoms with Crippen LogP contribution in [0.25, 0.3) is 11.4 Å². The number of nitrogens with zero attached hydrogens (tertiary/aromatic N) is 4. The maximum Gasteiger partial charge on any atom is 0.242 e. The van der Waals surface area contributed by atoms with Crippen LogP contribution in [0.4, 0.5) is 5.69 Å². The normalized spacial score (nSPS) is 11.7. The molecule has 0 unspecified atom stereocenters. The molecule has 0 saturated heterocycles. The van der Waals surface area contributed by atoms with Gasteiger partial charge in [0.05, 0.1) is 23.8 Å². The third-order valence-corrected chi connectivity index (χ3v) is 7.96. The van der Waals surface area contributed by atoms with Crippen LogP contribution in [0.1, 0.15) is 5.56 Å². The first-order chi connectivity index (χ1) is 16.1. The molecule has 0 spiro atoms. The number of carbonyl (C=O) groups is 1. The van der Waals surface area contributed by atoms with E-state index in [1.807, 2.05) is 16.7 Å². The van der Waals surface area contributed by atoms with Gasteiger partial charge in [-0.15, -0.1) is 10.2 Å². The zero-order valence-corrected chi connectivity index (χ0v) is 21.7. The summed E-state index contributed by atoms with van der Waals surface area (Å²) in [5.74, 6) is 0.423. The number of benzene rings is 2. The van der Waals surface area contributed by atoms with Gasteiger partial charge in [0.15, 0.2) is 11.0 Å². The second-order valence-corrected chi connectivity index (χ2v) is 11.1. The van der Waals surface area contributed by atoms with Crippen molar-refractivity contribution in [2.45, 2.75) is 23.5 Å². The number of carbonyl (C=O) groups excluding carboxylic acids is 1. The number of amides is 1. The van der Waals surface area contributed by atoms with E-state index < -0.39 is 10.0 Å². The first-order valence-corrected chi connectivity index (χ1v) is 13.1. The minimum atomic E-state index is -3.61. The number of hydrogen-bond donors (Lipinski definition) is 1. The molecule has 0 aliphatic heterocycles. The number of anilines is 1. The number of hydrogen-bond acceptors (Lipinski definition) is 7. The van der Waals surface area contributed by atoms with Crippen LogP contribution in [0.5, 0.6) is 0 Å². The lowest BCUT2D eigenvalue weighted by Crippen LogP contribution is -2.22. The van der Waals surface area contributed by atoms with Gasteiger partial charge in [-0.25, -0.2) is 12.7 Å². The Morgan fingerprint density at radius 3 is 2.53 bits per heavy atom. The van der Waals surface area contributed by atoms with E-state index in [1.54, 1.807) is 32.2 Å².